The van der Waals surface area contributed by atoms with Crippen LogP contribution in [0.1, 0.15) is 11.1 Å². The van der Waals surface area contributed by atoms with Crippen LogP contribution in [-0.4, -0.2) is 12.2 Å². The lowest BCUT2D eigenvalue weighted by Crippen LogP contribution is -2.12. The van der Waals surface area contributed by atoms with Gasteiger partial charge in [0.1, 0.15) is 5.82 Å². The van der Waals surface area contributed by atoms with Gasteiger partial charge in [0.05, 0.1) is 6.61 Å². The number of halogens is 1. The molecule has 0 spiro atoms. The molecule has 0 saturated carbocycles. The van der Waals surface area contributed by atoms with Gasteiger partial charge in [-0.15, -0.1) is 0 Å². The minimum absolute atomic E-state index is 0.0114. The van der Waals surface area contributed by atoms with Crippen molar-refractivity contribution in [2.45, 2.75) is 13.5 Å². The molecular formula is C15H16FNO. The molecule has 0 unspecified atom stereocenters. The minimum atomic E-state index is -0.251. The van der Waals surface area contributed by atoms with Gasteiger partial charge in [-0.3, -0.25) is 0 Å². The van der Waals surface area contributed by atoms with E-state index < -0.39 is 0 Å². The molecule has 0 aromatic heterocycles. The molecule has 2 nitrogen and oxygen atoms in total. The number of benzene rings is 2. The second-order valence-corrected chi connectivity index (χ2v) is 4.33. The van der Waals surface area contributed by atoms with Gasteiger partial charge in [0, 0.05) is 24.0 Å². The summed E-state index contributed by atoms with van der Waals surface area (Å²) in [6, 6.07) is 12.2. The first kappa shape index (κ1) is 12.6. The molecule has 18 heavy (non-hydrogen) atoms. The Morgan fingerprint density at radius 1 is 1.11 bits per heavy atom. The quantitative estimate of drug-likeness (QED) is 0.896. The van der Waals surface area contributed by atoms with Gasteiger partial charge in [0.25, 0.3) is 0 Å². The van der Waals surface area contributed by atoms with Crippen LogP contribution in [0.25, 0.3) is 0 Å². The molecule has 0 aliphatic rings. The molecule has 0 fully saturated rings. The van der Waals surface area contributed by atoms with Gasteiger partial charge in [-0.25, -0.2) is 4.39 Å². The molecule has 2 aromatic carbocycles. The lowest BCUT2D eigenvalue weighted by atomic mass is 10.1. The van der Waals surface area contributed by atoms with Crippen molar-refractivity contribution < 1.29 is 9.50 Å². The van der Waals surface area contributed by atoms with Crippen LogP contribution in [0, 0.1) is 12.7 Å². The molecule has 0 saturated heterocycles. The molecule has 0 aliphatic heterocycles. The smallest absolute Gasteiger partial charge is 0.123 e. The molecule has 0 atom stereocenters. The fourth-order valence-electron chi connectivity index (χ4n) is 1.97. The SMILES string of the molecule is Cc1ccc(N(C)c2ccc(F)cc2)c(CO)c1. The van der Waals surface area contributed by atoms with Crippen molar-refractivity contribution in [1.29, 1.82) is 0 Å². The van der Waals surface area contributed by atoms with Crippen LogP contribution < -0.4 is 4.90 Å². The molecular weight excluding hydrogens is 229 g/mol. The molecule has 0 heterocycles. The first-order valence-corrected chi connectivity index (χ1v) is 5.81. The van der Waals surface area contributed by atoms with Crippen molar-refractivity contribution >= 4 is 11.4 Å². The second-order valence-electron chi connectivity index (χ2n) is 4.33. The highest BCUT2D eigenvalue weighted by Gasteiger charge is 2.09. The summed E-state index contributed by atoms with van der Waals surface area (Å²) in [7, 11) is 1.90. The largest absolute Gasteiger partial charge is 0.392 e. The van der Waals surface area contributed by atoms with E-state index in [1.165, 1.54) is 12.1 Å². The Morgan fingerprint density at radius 3 is 2.39 bits per heavy atom. The number of hydrogen-bond donors (Lipinski definition) is 1. The maximum absolute atomic E-state index is 12.9. The summed E-state index contributed by atoms with van der Waals surface area (Å²) in [5.41, 5.74) is 3.78. The predicted molar refractivity (Wildman–Crippen MR) is 71.6 cm³/mol. The molecule has 2 rings (SSSR count). The fourth-order valence-corrected chi connectivity index (χ4v) is 1.97. The number of aliphatic hydroxyl groups excluding tert-OH is 1. The summed E-state index contributed by atoms with van der Waals surface area (Å²) in [6.07, 6.45) is 0. The van der Waals surface area contributed by atoms with Crippen molar-refractivity contribution in [3.8, 4) is 0 Å². The van der Waals surface area contributed by atoms with Crippen LogP contribution in [0.4, 0.5) is 15.8 Å². The zero-order chi connectivity index (χ0) is 13.1. The highest BCUT2D eigenvalue weighted by atomic mass is 19.1. The van der Waals surface area contributed by atoms with Crippen LogP contribution in [0.15, 0.2) is 42.5 Å². The standard InChI is InChI=1S/C15H16FNO/c1-11-3-8-15(12(9-11)10-18)17(2)14-6-4-13(16)5-7-14/h3-9,18H,10H2,1-2H3. The Kier molecular flexibility index (Phi) is 3.63. The fraction of sp³-hybridized carbons (Fsp3) is 0.200. The maximum atomic E-state index is 12.9. The summed E-state index contributed by atoms with van der Waals surface area (Å²) in [6.45, 7) is 1.98. The first-order valence-electron chi connectivity index (χ1n) is 5.81. The Hall–Kier alpha value is -1.87. The number of hydrogen-bond acceptors (Lipinski definition) is 2. The van der Waals surface area contributed by atoms with E-state index in [2.05, 4.69) is 0 Å². The lowest BCUT2D eigenvalue weighted by Gasteiger charge is -2.22. The summed E-state index contributed by atoms with van der Waals surface area (Å²) in [5, 5.41) is 9.40. The number of aryl methyl sites for hydroxylation is 1. The van der Waals surface area contributed by atoms with Crippen LogP contribution >= 0.6 is 0 Å². The van der Waals surface area contributed by atoms with Gasteiger partial charge < -0.3 is 10.0 Å². The van der Waals surface area contributed by atoms with Crippen molar-refractivity contribution in [3.63, 3.8) is 0 Å². The van der Waals surface area contributed by atoms with E-state index in [1.807, 2.05) is 37.1 Å². The monoisotopic (exact) mass is 245 g/mol. The van der Waals surface area contributed by atoms with E-state index in [0.717, 1.165) is 22.5 Å². The molecule has 0 radical (unpaired) electrons. The predicted octanol–water partition coefficient (Wildman–Crippen LogP) is 3.39. The third kappa shape index (κ3) is 2.51. The van der Waals surface area contributed by atoms with Gasteiger partial charge in [0.2, 0.25) is 0 Å². The van der Waals surface area contributed by atoms with Gasteiger partial charge in [-0.2, -0.15) is 0 Å². The van der Waals surface area contributed by atoms with Crippen molar-refractivity contribution in [1.82, 2.24) is 0 Å². The topological polar surface area (TPSA) is 23.5 Å². The Bertz CT molecular complexity index is 537. The lowest BCUT2D eigenvalue weighted by molar-refractivity contribution is 0.282. The van der Waals surface area contributed by atoms with Crippen molar-refractivity contribution in [2.75, 3.05) is 11.9 Å². The van der Waals surface area contributed by atoms with Crippen molar-refractivity contribution in [3.05, 3.63) is 59.4 Å². The Balaban J connectivity index is 2.39. The average Bonchev–Trinajstić information content (AvgIpc) is 2.38. The zero-order valence-corrected chi connectivity index (χ0v) is 10.5. The van der Waals surface area contributed by atoms with Gasteiger partial charge in [-0.05, 0) is 37.3 Å². The number of aliphatic hydroxyl groups is 1. The molecule has 3 heteroatoms. The summed E-state index contributed by atoms with van der Waals surface area (Å²) in [4.78, 5) is 1.93. The minimum Gasteiger partial charge on any atom is -0.392 e. The maximum Gasteiger partial charge on any atom is 0.123 e. The molecule has 0 bridgehead atoms. The van der Waals surface area contributed by atoms with E-state index in [9.17, 15) is 9.50 Å². The molecule has 94 valence electrons. The van der Waals surface area contributed by atoms with Crippen molar-refractivity contribution in [2.24, 2.45) is 0 Å². The Labute approximate surface area is 106 Å². The van der Waals surface area contributed by atoms with Gasteiger partial charge in [-0.1, -0.05) is 17.7 Å². The molecule has 0 aliphatic carbocycles. The normalized spacial score (nSPS) is 10.4. The second kappa shape index (κ2) is 5.19. The number of anilines is 2. The summed E-state index contributed by atoms with van der Waals surface area (Å²) < 4.78 is 12.9. The molecule has 1 N–H and O–H groups in total. The zero-order valence-electron chi connectivity index (χ0n) is 10.5. The van der Waals surface area contributed by atoms with Crippen LogP contribution in [0.2, 0.25) is 0 Å². The van der Waals surface area contributed by atoms with E-state index in [-0.39, 0.29) is 12.4 Å². The summed E-state index contributed by atoms with van der Waals surface area (Å²) >= 11 is 0. The third-order valence-corrected chi connectivity index (χ3v) is 2.98. The first-order chi connectivity index (χ1) is 8.61. The van der Waals surface area contributed by atoms with Crippen LogP contribution in [-0.2, 0) is 6.61 Å². The van der Waals surface area contributed by atoms with Gasteiger partial charge in [0.15, 0.2) is 0 Å². The highest BCUT2D eigenvalue weighted by Crippen LogP contribution is 2.27. The van der Waals surface area contributed by atoms with E-state index >= 15 is 0 Å². The third-order valence-electron chi connectivity index (χ3n) is 2.98. The van der Waals surface area contributed by atoms with Gasteiger partial charge >= 0.3 is 0 Å². The number of nitrogens with zero attached hydrogens (tertiary/aromatic N) is 1. The van der Waals surface area contributed by atoms with Crippen LogP contribution in [0.3, 0.4) is 0 Å². The van der Waals surface area contributed by atoms with E-state index in [0.29, 0.717) is 0 Å². The Morgan fingerprint density at radius 2 is 1.78 bits per heavy atom. The van der Waals surface area contributed by atoms with Crippen LogP contribution in [0.5, 0.6) is 0 Å². The number of rotatable bonds is 3. The molecule has 0 amide bonds. The highest BCUT2D eigenvalue weighted by molar-refractivity contribution is 5.66. The summed E-state index contributed by atoms with van der Waals surface area (Å²) in [5.74, 6) is -0.251. The van der Waals surface area contributed by atoms with E-state index in [4.69, 9.17) is 0 Å². The molecule has 2 aromatic rings. The van der Waals surface area contributed by atoms with E-state index in [1.54, 1.807) is 12.1 Å². The average molecular weight is 245 g/mol.